The zero-order valence-corrected chi connectivity index (χ0v) is 11.0. The number of anilines is 1. The van der Waals surface area contributed by atoms with Crippen molar-refractivity contribution in [1.82, 2.24) is 0 Å². The summed E-state index contributed by atoms with van der Waals surface area (Å²) < 4.78 is 37.9. The van der Waals surface area contributed by atoms with Crippen molar-refractivity contribution in [2.45, 2.75) is 13.1 Å². The Hall–Kier alpha value is -0.980. The predicted molar refractivity (Wildman–Crippen MR) is 67.2 cm³/mol. The van der Waals surface area contributed by atoms with Gasteiger partial charge in [0.1, 0.15) is 0 Å². The SMILES string of the molecule is CC(CO)(CO)CNc1ccc(Cl)c(C(F)(F)F)c1. The van der Waals surface area contributed by atoms with E-state index in [4.69, 9.17) is 21.8 Å². The van der Waals surface area contributed by atoms with Crippen LogP contribution in [-0.2, 0) is 6.18 Å². The van der Waals surface area contributed by atoms with Crippen molar-refractivity contribution < 1.29 is 23.4 Å². The van der Waals surface area contributed by atoms with Crippen LogP contribution in [0.1, 0.15) is 12.5 Å². The van der Waals surface area contributed by atoms with Gasteiger partial charge in [-0.15, -0.1) is 0 Å². The maximum atomic E-state index is 12.6. The molecule has 0 saturated carbocycles. The van der Waals surface area contributed by atoms with Gasteiger partial charge in [0.2, 0.25) is 0 Å². The fourth-order valence-electron chi connectivity index (χ4n) is 1.33. The molecule has 3 N–H and O–H groups in total. The molecule has 0 amide bonds. The minimum atomic E-state index is -4.52. The van der Waals surface area contributed by atoms with Gasteiger partial charge in [-0.25, -0.2) is 0 Å². The zero-order chi connectivity index (χ0) is 14.7. The Balaban J connectivity index is 2.87. The van der Waals surface area contributed by atoms with E-state index in [2.05, 4.69) is 5.32 Å². The molecule has 0 unspecified atom stereocenters. The largest absolute Gasteiger partial charge is 0.417 e. The highest BCUT2D eigenvalue weighted by atomic mass is 35.5. The van der Waals surface area contributed by atoms with Crippen molar-refractivity contribution >= 4 is 17.3 Å². The first-order valence-corrected chi connectivity index (χ1v) is 5.92. The number of aliphatic hydroxyl groups is 2. The van der Waals surface area contributed by atoms with E-state index in [0.29, 0.717) is 0 Å². The molecule has 108 valence electrons. The van der Waals surface area contributed by atoms with Gasteiger partial charge in [-0.3, -0.25) is 0 Å². The Bertz CT molecular complexity index is 433. The third-order valence-electron chi connectivity index (χ3n) is 2.75. The van der Waals surface area contributed by atoms with Gasteiger partial charge in [-0.05, 0) is 18.2 Å². The van der Waals surface area contributed by atoms with Crippen LogP contribution < -0.4 is 5.32 Å². The van der Waals surface area contributed by atoms with Gasteiger partial charge in [0.15, 0.2) is 0 Å². The number of halogens is 4. The first-order valence-electron chi connectivity index (χ1n) is 5.54. The molecule has 1 rings (SSSR count). The van der Waals surface area contributed by atoms with Crippen molar-refractivity contribution in [2.24, 2.45) is 5.41 Å². The Kier molecular flexibility index (Phi) is 5.06. The monoisotopic (exact) mass is 297 g/mol. The van der Waals surface area contributed by atoms with Crippen LogP contribution in [0.2, 0.25) is 5.02 Å². The fraction of sp³-hybridized carbons (Fsp3) is 0.500. The Labute approximate surface area is 114 Å². The predicted octanol–water partition coefficient (Wildman–Crippen LogP) is 2.76. The summed E-state index contributed by atoms with van der Waals surface area (Å²) in [5.74, 6) is 0. The molecular weight excluding hydrogens is 283 g/mol. The van der Waals surface area contributed by atoms with Crippen LogP contribution in [0.3, 0.4) is 0 Å². The van der Waals surface area contributed by atoms with Gasteiger partial charge in [0.25, 0.3) is 0 Å². The van der Waals surface area contributed by atoms with E-state index in [1.807, 2.05) is 0 Å². The molecule has 0 aliphatic carbocycles. The fourth-order valence-corrected chi connectivity index (χ4v) is 1.55. The number of benzene rings is 1. The molecular formula is C12H15ClF3NO2. The maximum Gasteiger partial charge on any atom is 0.417 e. The van der Waals surface area contributed by atoms with Gasteiger partial charge in [-0.1, -0.05) is 18.5 Å². The van der Waals surface area contributed by atoms with Crippen LogP contribution in [0.5, 0.6) is 0 Å². The lowest BCUT2D eigenvalue weighted by molar-refractivity contribution is -0.137. The summed E-state index contributed by atoms with van der Waals surface area (Å²) in [5, 5.41) is 20.6. The third kappa shape index (κ3) is 4.26. The molecule has 7 heteroatoms. The van der Waals surface area contributed by atoms with E-state index >= 15 is 0 Å². The lowest BCUT2D eigenvalue weighted by atomic mass is 9.93. The smallest absolute Gasteiger partial charge is 0.396 e. The van der Waals surface area contributed by atoms with E-state index in [1.54, 1.807) is 6.92 Å². The number of rotatable bonds is 5. The first-order chi connectivity index (χ1) is 8.72. The minimum absolute atomic E-state index is 0.138. The van der Waals surface area contributed by atoms with Gasteiger partial charge in [0, 0.05) is 17.6 Å². The van der Waals surface area contributed by atoms with Crippen LogP contribution in [0.4, 0.5) is 18.9 Å². The molecule has 0 spiro atoms. The number of hydrogen-bond acceptors (Lipinski definition) is 3. The highest BCUT2D eigenvalue weighted by Crippen LogP contribution is 2.36. The van der Waals surface area contributed by atoms with E-state index in [0.717, 1.165) is 12.1 Å². The molecule has 0 saturated heterocycles. The summed E-state index contributed by atoms with van der Waals surface area (Å²) in [4.78, 5) is 0. The Morgan fingerprint density at radius 1 is 1.21 bits per heavy atom. The summed E-state index contributed by atoms with van der Waals surface area (Å²) in [6, 6.07) is 3.46. The van der Waals surface area contributed by atoms with Crippen molar-refractivity contribution in [3.63, 3.8) is 0 Å². The van der Waals surface area contributed by atoms with E-state index in [1.165, 1.54) is 6.07 Å². The van der Waals surface area contributed by atoms with Crippen LogP contribution in [-0.4, -0.2) is 30.0 Å². The van der Waals surface area contributed by atoms with Crippen LogP contribution in [0, 0.1) is 5.41 Å². The van der Waals surface area contributed by atoms with Crippen molar-refractivity contribution in [3.8, 4) is 0 Å². The summed E-state index contributed by atoms with van der Waals surface area (Å²) in [6.45, 7) is 1.19. The Morgan fingerprint density at radius 3 is 2.26 bits per heavy atom. The van der Waals surface area contributed by atoms with E-state index in [9.17, 15) is 13.2 Å². The molecule has 0 aliphatic heterocycles. The highest BCUT2D eigenvalue weighted by molar-refractivity contribution is 6.31. The summed E-state index contributed by atoms with van der Waals surface area (Å²) in [5.41, 5.74) is -1.50. The van der Waals surface area contributed by atoms with Crippen molar-refractivity contribution in [3.05, 3.63) is 28.8 Å². The zero-order valence-electron chi connectivity index (χ0n) is 10.3. The average Bonchev–Trinajstić information content (AvgIpc) is 2.36. The van der Waals surface area contributed by atoms with Gasteiger partial charge in [0.05, 0.1) is 23.8 Å². The number of alkyl halides is 3. The second-order valence-corrected chi connectivity index (χ2v) is 5.08. The maximum absolute atomic E-state index is 12.6. The van der Waals surface area contributed by atoms with Crippen LogP contribution in [0.25, 0.3) is 0 Å². The molecule has 1 aromatic rings. The van der Waals surface area contributed by atoms with Crippen molar-refractivity contribution in [2.75, 3.05) is 25.1 Å². The molecule has 0 fully saturated rings. The van der Waals surface area contributed by atoms with Crippen molar-refractivity contribution in [1.29, 1.82) is 0 Å². The normalized spacial score (nSPS) is 12.6. The molecule has 3 nitrogen and oxygen atoms in total. The molecule has 0 atom stereocenters. The summed E-state index contributed by atoms with van der Waals surface area (Å²) >= 11 is 5.50. The second kappa shape index (κ2) is 5.98. The molecule has 0 aliphatic rings. The molecule has 0 bridgehead atoms. The molecule has 0 radical (unpaired) electrons. The lowest BCUT2D eigenvalue weighted by Crippen LogP contribution is -2.34. The number of aliphatic hydroxyl groups excluding tert-OH is 2. The highest BCUT2D eigenvalue weighted by Gasteiger charge is 2.33. The van der Waals surface area contributed by atoms with Gasteiger partial charge in [-0.2, -0.15) is 13.2 Å². The van der Waals surface area contributed by atoms with Gasteiger partial charge < -0.3 is 15.5 Å². The number of hydrogen-bond donors (Lipinski definition) is 3. The third-order valence-corrected chi connectivity index (χ3v) is 3.08. The molecule has 1 aromatic carbocycles. The topological polar surface area (TPSA) is 52.5 Å². The summed E-state index contributed by atoms with van der Waals surface area (Å²) in [7, 11) is 0. The molecule has 0 aromatic heterocycles. The Morgan fingerprint density at radius 2 is 1.79 bits per heavy atom. The summed E-state index contributed by atoms with van der Waals surface area (Å²) in [6.07, 6.45) is -4.52. The quantitative estimate of drug-likeness (QED) is 0.783. The van der Waals surface area contributed by atoms with E-state index < -0.39 is 17.2 Å². The van der Waals surface area contributed by atoms with Crippen LogP contribution >= 0.6 is 11.6 Å². The average molecular weight is 298 g/mol. The molecule has 0 heterocycles. The first kappa shape index (κ1) is 16.1. The van der Waals surface area contributed by atoms with Gasteiger partial charge >= 0.3 is 6.18 Å². The molecule has 19 heavy (non-hydrogen) atoms. The second-order valence-electron chi connectivity index (χ2n) is 4.67. The standard InChI is InChI=1S/C12H15ClF3NO2/c1-11(6-18,7-19)5-17-8-2-3-10(13)9(4-8)12(14,15)16/h2-4,17-19H,5-7H2,1H3. The lowest BCUT2D eigenvalue weighted by Gasteiger charge is -2.25. The van der Waals surface area contributed by atoms with Crippen LogP contribution in [0.15, 0.2) is 18.2 Å². The number of nitrogens with one attached hydrogen (secondary N) is 1. The minimum Gasteiger partial charge on any atom is -0.396 e. The van der Waals surface area contributed by atoms with E-state index in [-0.39, 0.29) is 30.5 Å².